The molecule has 0 aliphatic rings. The molecule has 0 aromatic heterocycles. The van der Waals surface area contributed by atoms with Crippen LogP contribution in [0.2, 0.25) is 0 Å². The van der Waals surface area contributed by atoms with E-state index >= 15 is 0 Å². The maximum atomic E-state index is 11.3. The molecule has 0 fully saturated rings. The highest BCUT2D eigenvalue weighted by Gasteiger charge is 2.19. The first-order chi connectivity index (χ1) is 4.84. The predicted octanol–water partition coefficient (Wildman–Crippen LogP) is 1.38. The van der Waals surface area contributed by atoms with E-state index in [9.17, 15) is 9.00 Å². The number of carbonyl (C=O) groups excluding carboxylic acids is 1. The second-order valence-electron chi connectivity index (χ2n) is 3.31. The number of carbonyl (C=O) groups is 1. The Bertz CT molecular complexity index is 170. The van der Waals surface area contributed by atoms with Crippen molar-refractivity contribution in [3.8, 4) is 0 Å². The maximum absolute atomic E-state index is 11.3. The van der Waals surface area contributed by atoms with Gasteiger partial charge in [-0.15, -0.1) is 12.6 Å². The third-order valence-corrected chi connectivity index (χ3v) is 3.35. The van der Waals surface area contributed by atoms with E-state index in [-0.39, 0.29) is 9.86 Å². The van der Waals surface area contributed by atoms with Crippen LogP contribution in [0.15, 0.2) is 0 Å². The second kappa shape index (κ2) is 4.26. The molecular formula is C7H14O2S2. The number of thiol groups is 1. The van der Waals surface area contributed by atoms with Crippen LogP contribution in [-0.2, 0) is 15.6 Å². The van der Waals surface area contributed by atoms with Gasteiger partial charge in [0.2, 0.25) is 0 Å². The van der Waals surface area contributed by atoms with E-state index in [1.807, 2.05) is 20.8 Å². The molecule has 0 heterocycles. The first-order valence-corrected chi connectivity index (χ1v) is 5.21. The van der Waals surface area contributed by atoms with Crippen molar-refractivity contribution in [3.05, 3.63) is 0 Å². The smallest absolute Gasteiger partial charge is 0.186 e. The van der Waals surface area contributed by atoms with Crippen LogP contribution in [0.1, 0.15) is 27.2 Å². The summed E-state index contributed by atoms with van der Waals surface area (Å²) in [7, 11) is -0.928. The molecule has 0 aliphatic heterocycles. The summed E-state index contributed by atoms with van der Waals surface area (Å²) in [6, 6.07) is 0. The van der Waals surface area contributed by atoms with Crippen molar-refractivity contribution in [3.63, 3.8) is 0 Å². The highest BCUT2D eigenvalue weighted by molar-refractivity contribution is 7.96. The zero-order valence-corrected chi connectivity index (χ0v) is 8.80. The Labute approximate surface area is 75.6 Å². The molecule has 0 saturated heterocycles. The van der Waals surface area contributed by atoms with Gasteiger partial charge in [0, 0.05) is 27.7 Å². The lowest BCUT2D eigenvalue weighted by atomic mass is 10.3. The molecule has 0 aromatic rings. The van der Waals surface area contributed by atoms with Crippen LogP contribution in [-0.4, -0.2) is 19.8 Å². The zero-order valence-electron chi connectivity index (χ0n) is 7.09. The minimum absolute atomic E-state index is 0.192. The van der Waals surface area contributed by atoms with Crippen LogP contribution in [0.25, 0.3) is 0 Å². The Morgan fingerprint density at radius 1 is 1.45 bits per heavy atom. The summed E-state index contributed by atoms with van der Waals surface area (Å²) in [5, 5.41) is -0.192. The third kappa shape index (κ3) is 5.44. The van der Waals surface area contributed by atoms with E-state index in [0.29, 0.717) is 12.2 Å². The molecule has 0 radical (unpaired) electrons. The molecule has 0 N–H and O–H groups in total. The molecule has 1 atom stereocenters. The third-order valence-electron chi connectivity index (χ3n) is 1.18. The molecule has 0 aromatic carbocycles. The fraction of sp³-hybridized carbons (Fsp3) is 0.857. The Morgan fingerprint density at radius 3 is 2.18 bits per heavy atom. The highest BCUT2D eigenvalue weighted by atomic mass is 32.2. The van der Waals surface area contributed by atoms with Crippen molar-refractivity contribution in [1.29, 1.82) is 0 Å². The van der Waals surface area contributed by atoms with E-state index in [2.05, 4.69) is 12.6 Å². The molecule has 0 aliphatic carbocycles. The molecule has 0 spiro atoms. The minimum atomic E-state index is -0.928. The standard InChI is InChI=1S/C7H14O2S2/c1-7(2,3)11(9)5-4-6(8)10/h4-5H2,1-3H3,(H,8,10). The van der Waals surface area contributed by atoms with Gasteiger partial charge < -0.3 is 0 Å². The summed E-state index contributed by atoms with van der Waals surface area (Å²) in [5.41, 5.74) is 0. The quantitative estimate of drug-likeness (QED) is 0.689. The van der Waals surface area contributed by atoms with Crippen molar-refractivity contribution in [2.75, 3.05) is 5.75 Å². The molecule has 66 valence electrons. The monoisotopic (exact) mass is 194 g/mol. The van der Waals surface area contributed by atoms with Crippen molar-refractivity contribution in [2.45, 2.75) is 31.9 Å². The van der Waals surface area contributed by atoms with Crippen molar-refractivity contribution in [1.82, 2.24) is 0 Å². The molecule has 0 rings (SSSR count). The molecular weight excluding hydrogens is 180 g/mol. The Morgan fingerprint density at radius 2 is 1.91 bits per heavy atom. The van der Waals surface area contributed by atoms with Crippen LogP contribution in [0, 0.1) is 0 Å². The molecule has 2 nitrogen and oxygen atoms in total. The van der Waals surface area contributed by atoms with Gasteiger partial charge in [-0.3, -0.25) is 9.00 Å². The largest absolute Gasteiger partial charge is 0.287 e. The van der Waals surface area contributed by atoms with E-state index < -0.39 is 10.8 Å². The van der Waals surface area contributed by atoms with Gasteiger partial charge in [-0.05, 0) is 20.8 Å². The highest BCUT2D eigenvalue weighted by Crippen LogP contribution is 2.12. The first-order valence-electron chi connectivity index (χ1n) is 3.44. The fourth-order valence-corrected chi connectivity index (χ4v) is 1.73. The number of hydrogen-bond donors (Lipinski definition) is 1. The average molecular weight is 194 g/mol. The van der Waals surface area contributed by atoms with Gasteiger partial charge in [-0.25, -0.2) is 0 Å². The summed E-state index contributed by atoms with van der Waals surface area (Å²) in [6.07, 6.45) is 0.299. The lowest BCUT2D eigenvalue weighted by Crippen LogP contribution is -2.24. The summed E-state index contributed by atoms with van der Waals surface area (Å²) in [6.45, 7) is 5.68. The second-order valence-corrected chi connectivity index (χ2v) is 6.13. The molecule has 4 heteroatoms. The zero-order chi connectivity index (χ0) is 9.07. The van der Waals surface area contributed by atoms with Crippen LogP contribution < -0.4 is 0 Å². The first kappa shape index (κ1) is 11.2. The number of rotatable bonds is 3. The lowest BCUT2D eigenvalue weighted by Gasteiger charge is -2.16. The molecule has 11 heavy (non-hydrogen) atoms. The van der Waals surface area contributed by atoms with Crippen LogP contribution >= 0.6 is 12.6 Å². The lowest BCUT2D eigenvalue weighted by molar-refractivity contribution is -0.110. The van der Waals surface area contributed by atoms with Gasteiger partial charge in [0.05, 0.1) is 0 Å². The van der Waals surface area contributed by atoms with Crippen molar-refractivity contribution < 1.29 is 9.00 Å². The summed E-state index contributed by atoms with van der Waals surface area (Å²) in [5.74, 6) is 0.422. The molecule has 0 saturated carbocycles. The summed E-state index contributed by atoms with van der Waals surface area (Å²) >= 11 is 3.60. The SMILES string of the molecule is CC(C)(C)S(=O)CCC(=O)S. The predicted molar refractivity (Wildman–Crippen MR) is 51.4 cm³/mol. The molecule has 0 amide bonds. The van der Waals surface area contributed by atoms with Gasteiger partial charge in [0.1, 0.15) is 0 Å². The number of hydrogen-bond acceptors (Lipinski definition) is 2. The van der Waals surface area contributed by atoms with Gasteiger partial charge in [-0.1, -0.05) is 0 Å². The fourth-order valence-electron chi connectivity index (χ4n) is 0.486. The van der Waals surface area contributed by atoms with Crippen molar-refractivity contribution in [2.24, 2.45) is 0 Å². The van der Waals surface area contributed by atoms with Crippen LogP contribution in [0.3, 0.4) is 0 Å². The average Bonchev–Trinajstić information content (AvgIpc) is 1.80. The van der Waals surface area contributed by atoms with Gasteiger partial charge in [0.25, 0.3) is 0 Å². The summed E-state index contributed by atoms with van der Waals surface area (Å²) in [4.78, 5) is 10.4. The van der Waals surface area contributed by atoms with Gasteiger partial charge in [0.15, 0.2) is 5.12 Å². The minimum Gasteiger partial charge on any atom is -0.287 e. The van der Waals surface area contributed by atoms with Crippen LogP contribution in [0.4, 0.5) is 0 Å². The summed E-state index contributed by atoms with van der Waals surface area (Å²) < 4.78 is 11.1. The van der Waals surface area contributed by atoms with E-state index in [0.717, 1.165) is 0 Å². The van der Waals surface area contributed by atoms with E-state index in [4.69, 9.17) is 0 Å². The van der Waals surface area contributed by atoms with Crippen molar-refractivity contribution >= 4 is 28.5 Å². The van der Waals surface area contributed by atoms with E-state index in [1.54, 1.807) is 0 Å². The maximum Gasteiger partial charge on any atom is 0.186 e. The molecule has 0 bridgehead atoms. The van der Waals surface area contributed by atoms with Gasteiger partial charge in [-0.2, -0.15) is 0 Å². The Kier molecular flexibility index (Phi) is 4.32. The normalized spacial score (nSPS) is 14.5. The van der Waals surface area contributed by atoms with Crippen LogP contribution in [0.5, 0.6) is 0 Å². The topological polar surface area (TPSA) is 34.1 Å². The Hall–Kier alpha value is 0.170. The Balaban J connectivity index is 3.80. The molecule has 1 unspecified atom stereocenters. The van der Waals surface area contributed by atoms with E-state index in [1.165, 1.54) is 0 Å². The van der Waals surface area contributed by atoms with Gasteiger partial charge >= 0.3 is 0 Å².